The summed E-state index contributed by atoms with van der Waals surface area (Å²) < 4.78 is 5.21. The second-order valence-corrected chi connectivity index (χ2v) is 4.68. The van der Waals surface area contributed by atoms with Crippen LogP contribution in [-0.4, -0.2) is 23.0 Å². The Kier molecular flexibility index (Phi) is 4.20. The first kappa shape index (κ1) is 14.3. The van der Waals surface area contributed by atoms with E-state index in [-0.39, 0.29) is 5.91 Å². The highest BCUT2D eigenvalue weighted by atomic mass is 35.5. The number of amides is 1. The number of carbonyl (C=O) groups is 1. The standard InChI is InChI=1S/C14H14ClN3O2/c1-8-4-12(13(20-3)5-11(8)15)18-14(19)10-6-16-9(2)17-7-10/h4-7H,1-3H3,(H,18,19). The minimum atomic E-state index is -0.301. The highest BCUT2D eigenvalue weighted by Crippen LogP contribution is 2.31. The minimum absolute atomic E-state index is 0.301. The van der Waals surface area contributed by atoms with E-state index >= 15 is 0 Å². The van der Waals surface area contributed by atoms with E-state index in [1.807, 2.05) is 6.92 Å². The van der Waals surface area contributed by atoms with E-state index in [0.29, 0.717) is 27.8 Å². The summed E-state index contributed by atoms with van der Waals surface area (Å²) >= 11 is 6.02. The first-order chi connectivity index (χ1) is 9.51. The van der Waals surface area contributed by atoms with Crippen molar-refractivity contribution in [2.75, 3.05) is 12.4 Å². The molecule has 20 heavy (non-hydrogen) atoms. The summed E-state index contributed by atoms with van der Waals surface area (Å²) in [5.41, 5.74) is 1.79. The fraction of sp³-hybridized carbons (Fsp3) is 0.214. The number of methoxy groups -OCH3 is 1. The number of benzene rings is 1. The molecule has 1 aromatic carbocycles. The summed E-state index contributed by atoms with van der Waals surface area (Å²) in [7, 11) is 1.52. The molecule has 1 aromatic heterocycles. The van der Waals surface area contributed by atoms with Gasteiger partial charge in [-0.25, -0.2) is 9.97 Å². The lowest BCUT2D eigenvalue weighted by molar-refractivity contribution is 0.102. The van der Waals surface area contributed by atoms with Gasteiger partial charge < -0.3 is 10.1 Å². The molecule has 104 valence electrons. The number of nitrogens with zero attached hydrogens (tertiary/aromatic N) is 2. The predicted octanol–water partition coefficient (Wildman–Crippen LogP) is 3.01. The SMILES string of the molecule is COc1cc(Cl)c(C)cc1NC(=O)c1cnc(C)nc1. The number of aryl methyl sites for hydroxylation is 2. The van der Waals surface area contributed by atoms with Gasteiger partial charge in [0.2, 0.25) is 0 Å². The topological polar surface area (TPSA) is 64.1 Å². The van der Waals surface area contributed by atoms with Gasteiger partial charge in [-0.05, 0) is 25.5 Å². The average molecular weight is 292 g/mol. The van der Waals surface area contributed by atoms with Crippen LogP contribution in [0.25, 0.3) is 0 Å². The lowest BCUT2D eigenvalue weighted by Gasteiger charge is -2.12. The van der Waals surface area contributed by atoms with E-state index in [9.17, 15) is 4.79 Å². The molecule has 0 saturated heterocycles. The Balaban J connectivity index is 2.27. The van der Waals surface area contributed by atoms with Crippen LogP contribution in [0, 0.1) is 13.8 Å². The van der Waals surface area contributed by atoms with Gasteiger partial charge in [0.1, 0.15) is 11.6 Å². The molecule has 1 heterocycles. The number of hydrogen-bond donors (Lipinski definition) is 1. The van der Waals surface area contributed by atoms with E-state index in [0.717, 1.165) is 5.56 Å². The highest BCUT2D eigenvalue weighted by molar-refractivity contribution is 6.31. The molecule has 5 nitrogen and oxygen atoms in total. The van der Waals surface area contributed by atoms with Gasteiger partial charge in [0.05, 0.1) is 18.4 Å². The van der Waals surface area contributed by atoms with E-state index in [1.165, 1.54) is 19.5 Å². The summed E-state index contributed by atoms with van der Waals surface area (Å²) in [4.78, 5) is 20.1. The number of rotatable bonds is 3. The second-order valence-electron chi connectivity index (χ2n) is 4.27. The van der Waals surface area contributed by atoms with E-state index in [2.05, 4.69) is 15.3 Å². The molecule has 2 aromatic rings. The first-order valence-corrected chi connectivity index (χ1v) is 6.33. The maximum atomic E-state index is 12.1. The van der Waals surface area contributed by atoms with Gasteiger partial charge in [-0.2, -0.15) is 0 Å². The van der Waals surface area contributed by atoms with Crippen LogP contribution in [0.4, 0.5) is 5.69 Å². The van der Waals surface area contributed by atoms with Gasteiger partial charge in [0, 0.05) is 23.5 Å². The summed E-state index contributed by atoms with van der Waals surface area (Å²) in [6.07, 6.45) is 2.96. The predicted molar refractivity (Wildman–Crippen MR) is 77.5 cm³/mol. The maximum Gasteiger partial charge on any atom is 0.258 e. The van der Waals surface area contributed by atoms with Gasteiger partial charge in [-0.3, -0.25) is 4.79 Å². The average Bonchev–Trinajstić information content (AvgIpc) is 2.43. The molecule has 1 N–H and O–H groups in total. The van der Waals surface area contributed by atoms with Crippen LogP contribution >= 0.6 is 11.6 Å². The van der Waals surface area contributed by atoms with Gasteiger partial charge in [-0.1, -0.05) is 11.6 Å². The molecule has 0 unspecified atom stereocenters. The zero-order valence-corrected chi connectivity index (χ0v) is 12.2. The van der Waals surface area contributed by atoms with Crippen molar-refractivity contribution in [2.45, 2.75) is 13.8 Å². The Morgan fingerprint density at radius 1 is 1.25 bits per heavy atom. The summed E-state index contributed by atoms with van der Waals surface area (Å²) in [5.74, 6) is 0.813. The Labute approximate surface area is 122 Å². The highest BCUT2D eigenvalue weighted by Gasteiger charge is 2.12. The molecule has 6 heteroatoms. The van der Waals surface area contributed by atoms with Crippen LogP contribution in [0.2, 0.25) is 5.02 Å². The monoisotopic (exact) mass is 291 g/mol. The molecule has 2 rings (SSSR count). The Bertz CT molecular complexity index is 642. The van der Waals surface area contributed by atoms with Crippen LogP contribution in [0.5, 0.6) is 5.75 Å². The molecule has 1 amide bonds. The zero-order valence-electron chi connectivity index (χ0n) is 11.4. The third kappa shape index (κ3) is 3.05. The molecule has 0 bridgehead atoms. The largest absolute Gasteiger partial charge is 0.495 e. The van der Waals surface area contributed by atoms with E-state index in [1.54, 1.807) is 19.1 Å². The molecule has 0 aliphatic heterocycles. The van der Waals surface area contributed by atoms with Crippen molar-refractivity contribution in [3.05, 3.63) is 46.5 Å². The number of anilines is 1. The smallest absolute Gasteiger partial charge is 0.258 e. The van der Waals surface area contributed by atoms with Crippen molar-refractivity contribution in [3.8, 4) is 5.75 Å². The summed E-state index contributed by atoms with van der Waals surface area (Å²) in [6, 6.07) is 3.42. The summed E-state index contributed by atoms with van der Waals surface area (Å²) in [5, 5.41) is 3.34. The molecular weight excluding hydrogens is 278 g/mol. The molecule has 0 spiro atoms. The Morgan fingerprint density at radius 3 is 2.50 bits per heavy atom. The van der Waals surface area contributed by atoms with Crippen molar-refractivity contribution < 1.29 is 9.53 Å². The number of aromatic nitrogens is 2. The zero-order chi connectivity index (χ0) is 14.7. The lowest BCUT2D eigenvalue weighted by Crippen LogP contribution is -2.13. The third-order valence-corrected chi connectivity index (χ3v) is 3.18. The van der Waals surface area contributed by atoms with Crippen molar-refractivity contribution >= 4 is 23.2 Å². The molecule has 0 radical (unpaired) electrons. The number of nitrogens with one attached hydrogen (secondary N) is 1. The van der Waals surface area contributed by atoms with Crippen molar-refractivity contribution in [3.63, 3.8) is 0 Å². The lowest BCUT2D eigenvalue weighted by atomic mass is 10.2. The van der Waals surface area contributed by atoms with Crippen LogP contribution in [0.3, 0.4) is 0 Å². The van der Waals surface area contributed by atoms with Crippen LogP contribution < -0.4 is 10.1 Å². The number of hydrogen-bond acceptors (Lipinski definition) is 4. The van der Waals surface area contributed by atoms with Crippen LogP contribution in [-0.2, 0) is 0 Å². The van der Waals surface area contributed by atoms with Gasteiger partial charge in [-0.15, -0.1) is 0 Å². The van der Waals surface area contributed by atoms with E-state index in [4.69, 9.17) is 16.3 Å². The first-order valence-electron chi connectivity index (χ1n) is 5.95. The fourth-order valence-electron chi connectivity index (χ4n) is 1.63. The van der Waals surface area contributed by atoms with Crippen LogP contribution in [0.15, 0.2) is 24.5 Å². The maximum absolute atomic E-state index is 12.1. The Hall–Kier alpha value is -2.14. The Morgan fingerprint density at radius 2 is 1.90 bits per heavy atom. The van der Waals surface area contributed by atoms with Crippen molar-refractivity contribution in [1.29, 1.82) is 0 Å². The third-order valence-electron chi connectivity index (χ3n) is 2.77. The molecule has 0 aliphatic rings. The second kappa shape index (κ2) is 5.88. The fourth-order valence-corrected chi connectivity index (χ4v) is 1.79. The molecule has 0 atom stereocenters. The quantitative estimate of drug-likeness (QED) is 0.944. The van der Waals surface area contributed by atoms with Crippen LogP contribution in [0.1, 0.15) is 21.7 Å². The van der Waals surface area contributed by atoms with Gasteiger partial charge >= 0.3 is 0 Å². The number of carbonyl (C=O) groups excluding carboxylic acids is 1. The van der Waals surface area contributed by atoms with Gasteiger partial charge in [0.15, 0.2) is 0 Å². The van der Waals surface area contributed by atoms with Crippen molar-refractivity contribution in [2.24, 2.45) is 0 Å². The number of ether oxygens (including phenoxy) is 1. The molecular formula is C14H14ClN3O2. The normalized spacial score (nSPS) is 10.2. The van der Waals surface area contributed by atoms with Crippen molar-refractivity contribution in [1.82, 2.24) is 9.97 Å². The van der Waals surface area contributed by atoms with Gasteiger partial charge in [0.25, 0.3) is 5.91 Å². The minimum Gasteiger partial charge on any atom is -0.495 e. The van der Waals surface area contributed by atoms with E-state index < -0.39 is 0 Å². The number of halogens is 1. The molecule has 0 saturated carbocycles. The molecule has 0 fully saturated rings. The summed E-state index contributed by atoms with van der Waals surface area (Å²) in [6.45, 7) is 3.61. The molecule has 0 aliphatic carbocycles.